The second-order valence-corrected chi connectivity index (χ2v) is 6.87. The summed E-state index contributed by atoms with van der Waals surface area (Å²) in [7, 11) is 0. The molecule has 136 valence electrons. The second kappa shape index (κ2) is 10.2. The molecular formula is C22H31NO2. The van der Waals surface area contributed by atoms with Gasteiger partial charge in [-0.05, 0) is 69.8 Å². The number of hydrogen-bond acceptors (Lipinski definition) is 3. The summed E-state index contributed by atoms with van der Waals surface area (Å²) < 4.78 is 5.64. The van der Waals surface area contributed by atoms with Gasteiger partial charge in [0.25, 0.3) is 0 Å². The monoisotopic (exact) mass is 341 g/mol. The van der Waals surface area contributed by atoms with Crippen molar-refractivity contribution in [3.8, 4) is 5.75 Å². The molecule has 3 heteroatoms. The van der Waals surface area contributed by atoms with Crippen molar-refractivity contribution in [3.05, 3.63) is 65.7 Å². The van der Waals surface area contributed by atoms with Crippen LogP contribution >= 0.6 is 0 Å². The van der Waals surface area contributed by atoms with Crippen LogP contribution in [0.5, 0.6) is 5.75 Å². The summed E-state index contributed by atoms with van der Waals surface area (Å²) in [6.45, 7) is 6.96. The van der Waals surface area contributed by atoms with Crippen molar-refractivity contribution in [2.75, 3.05) is 6.54 Å². The fourth-order valence-corrected chi connectivity index (χ4v) is 2.84. The van der Waals surface area contributed by atoms with Crippen LogP contribution < -0.4 is 10.1 Å². The molecule has 0 radical (unpaired) electrons. The summed E-state index contributed by atoms with van der Waals surface area (Å²) in [6.07, 6.45) is 3.01. The molecule has 0 heterocycles. The number of nitrogens with one attached hydrogen (secondary N) is 1. The fraction of sp³-hybridized carbons (Fsp3) is 0.455. The molecule has 0 bridgehead atoms. The quantitative estimate of drug-likeness (QED) is 0.625. The van der Waals surface area contributed by atoms with Crippen molar-refractivity contribution in [3.63, 3.8) is 0 Å². The molecule has 2 N–H and O–H groups in total. The smallest absolute Gasteiger partial charge is 0.119 e. The van der Waals surface area contributed by atoms with Crippen LogP contribution in [0.4, 0.5) is 0 Å². The standard InChI is InChI=1S/C22H31NO2/c1-17(2)25-21-14-12-20(13-15-21)22(24)18(3)23-16-8-7-11-19-9-5-4-6-10-19/h4-6,9-10,12-15,17-18,22-24H,7-8,11,16H2,1-3H3. The van der Waals surface area contributed by atoms with Gasteiger partial charge in [0.15, 0.2) is 0 Å². The van der Waals surface area contributed by atoms with Gasteiger partial charge in [0, 0.05) is 6.04 Å². The zero-order chi connectivity index (χ0) is 18.1. The van der Waals surface area contributed by atoms with Crippen LogP contribution in [0, 0.1) is 0 Å². The third-order valence-corrected chi connectivity index (χ3v) is 4.27. The molecule has 2 unspecified atom stereocenters. The van der Waals surface area contributed by atoms with Crippen LogP contribution in [0.2, 0.25) is 0 Å². The Hall–Kier alpha value is -1.84. The van der Waals surface area contributed by atoms with E-state index in [1.54, 1.807) is 0 Å². The number of rotatable bonds is 10. The lowest BCUT2D eigenvalue weighted by atomic mass is 10.0. The average molecular weight is 341 g/mol. The largest absolute Gasteiger partial charge is 0.491 e. The molecule has 25 heavy (non-hydrogen) atoms. The lowest BCUT2D eigenvalue weighted by Crippen LogP contribution is -2.32. The number of benzene rings is 2. The molecule has 2 aromatic rings. The van der Waals surface area contributed by atoms with Gasteiger partial charge >= 0.3 is 0 Å². The number of hydrogen-bond donors (Lipinski definition) is 2. The Balaban J connectivity index is 1.69. The molecule has 2 aromatic carbocycles. The maximum atomic E-state index is 10.5. The molecule has 2 rings (SSSR count). The van der Waals surface area contributed by atoms with Gasteiger partial charge in [-0.15, -0.1) is 0 Å². The van der Waals surface area contributed by atoms with Gasteiger partial charge in [-0.3, -0.25) is 0 Å². The maximum absolute atomic E-state index is 10.5. The summed E-state index contributed by atoms with van der Waals surface area (Å²) in [4.78, 5) is 0. The molecule has 0 amide bonds. The predicted molar refractivity (Wildman–Crippen MR) is 104 cm³/mol. The SMILES string of the molecule is CC(C)Oc1ccc(C(O)C(C)NCCCCc2ccccc2)cc1. The van der Waals surface area contributed by atoms with Crippen molar-refractivity contribution in [1.82, 2.24) is 5.32 Å². The Kier molecular flexibility index (Phi) is 7.96. The van der Waals surface area contributed by atoms with Gasteiger partial charge < -0.3 is 15.2 Å². The summed E-state index contributed by atoms with van der Waals surface area (Å²) >= 11 is 0. The topological polar surface area (TPSA) is 41.5 Å². The van der Waals surface area contributed by atoms with E-state index in [-0.39, 0.29) is 12.1 Å². The van der Waals surface area contributed by atoms with Crippen molar-refractivity contribution in [2.45, 2.75) is 58.3 Å². The van der Waals surface area contributed by atoms with E-state index in [0.29, 0.717) is 0 Å². The first-order valence-electron chi connectivity index (χ1n) is 9.28. The zero-order valence-electron chi connectivity index (χ0n) is 15.6. The Labute approximate surface area is 152 Å². The molecule has 0 aliphatic heterocycles. The predicted octanol–water partition coefficient (Wildman–Crippen LogP) is 4.51. The summed E-state index contributed by atoms with van der Waals surface area (Å²) in [5.74, 6) is 0.840. The van der Waals surface area contributed by atoms with Crippen LogP contribution in [0.3, 0.4) is 0 Å². The van der Waals surface area contributed by atoms with Crippen LogP contribution in [-0.4, -0.2) is 23.8 Å². The number of aryl methyl sites for hydroxylation is 1. The van der Waals surface area contributed by atoms with Crippen LogP contribution in [0.15, 0.2) is 54.6 Å². The molecule has 0 saturated carbocycles. The van der Waals surface area contributed by atoms with Gasteiger partial charge in [-0.2, -0.15) is 0 Å². The van der Waals surface area contributed by atoms with E-state index in [1.165, 1.54) is 5.56 Å². The van der Waals surface area contributed by atoms with E-state index < -0.39 is 6.10 Å². The molecule has 0 saturated heterocycles. The van der Waals surface area contributed by atoms with Gasteiger partial charge in [-0.1, -0.05) is 42.5 Å². The first-order valence-corrected chi connectivity index (χ1v) is 9.28. The highest BCUT2D eigenvalue weighted by atomic mass is 16.5. The van der Waals surface area contributed by atoms with Crippen LogP contribution in [0.1, 0.15) is 50.8 Å². The lowest BCUT2D eigenvalue weighted by Gasteiger charge is -2.21. The average Bonchev–Trinajstić information content (AvgIpc) is 2.61. The van der Waals surface area contributed by atoms with Crippen LogP contribution in [0.25, 0.3) is 0 Å². The molecule has 3 nitrogen and oxygen atoms in total. The minimum absolute atomic E-state index is 0.0218. The molecule has 0 aromatic heterocycles. The van der Waals surface area contributed by atoms with Crippen molar-refractivity contribution in [2.24, 2.45) is 0 Å². The molecular weight excluding hydrogens is 310 g/mol. The first-order chi connectivity index (χ1) is 12.1. The first kappa shape index (κ1) is 19.5. The summed E-state index contributed by atoms with van der Waals surface area (Å²) in [6, 6.07) is 18.3. The minimum Gasteiger partial charge on any atom is -0.491 e. The van der Waals surface area contributed by atoms with Gasteiger partial charge in [0.05, 0.1) is 12.2 Å². The summed E-state index contributed by atoms with van der Waals surface area (Å²) in [5.41, 5.74) is 2.31. The zero-order valence-corrected chi connectivity index (χ0v) is 15.6. The third-order valence-electron chi connectivity index (χ3n) is 4.27. The Morgan fingerprint density at radius 3 is 2.24 bits per heavy atom. The van der Waals surface area contributed by atoms with Crippen molar-refractivity contribution in [1.29, 1.82) is 0 Å². The summed E-state index contributed by atoms with van der Waals surface area (Å²) in [5, 5.41) is 13.9. The third kappa shape index (κ3) is 6.89. The van der Waals surface area contributed by atoms with Gasteiger partial charge in [0.1, 0.15) is 5.75 Å². The Morgan fingerprint density at radius 1 is 0.920 bits per heavy atom. The molecule has 0 fully saturated rings. The number of aliphatic hydroxyl groups is 1. The Morgan fingerprint density at radius 2 is 1.60 bits per heavy atom. The van der Waals surface area contributed by atoms with E-state index in [4.69, 9.17) is 4.74 Å². The van der Waals surface area contributed by atoms with Crippen molar-refractivity contribution < 1.29 is 9.84 Å². The second-order valence-electron chi connectivity index (χ2n) is 6.87. The fourth-order valence-electron chi connectivity index (χ4n) is 2.84. The lowest BCUT2D eigenvalue weighted by molar-refractivity contribution is 0.136. The van der Waals surface area contributed by atoms with E-state index in [2.05, 4.69) is 35.6 Å². The molecule has 0 aliphatic rings. The van der Waals surface area contributed by atoms with Crippen molar-refractivity contribution >= 4 is 0 Å². The minimum atomic E-state index is -0.512. The molecule has 2 atom stereocenters. The highest BCUT2D eigenvalue weighted by molar-refractivity contribution is 5.29. The van der Waals surface area contributed by atoms with E-state index >= 15 is 0 Å². The normalized spacial score (nSPS) is 13.6. The highest BCUT2D eigenvalue weighted by Crippen LogP contribution is 2.21. The highest BCUT2D eigenvalue weighted by Gasteiger charge is 2.15. The van der Waals surface area contributed by atoms with Crippen LogP contribution in [-0.2, 0) is 6.42 Å². The van der Waals surface area contributed by atoms with E-state index in [1.807, 2.05) is 45.0 Å². The number of aliphatic hydroxyl groups excluding tert-OH is 1. The maximum Gasteiger partial charge on any atom is 0.119 e. The van der Waals surface area contributed by atoms with Gasteiger partial charge in [0.2, 0.25) is 0 Å². The number of unbranched alkanes of at least 4 members (excludes halogenated alkanes) is 1. The Bertz CT molecular complexity index is 595. The van der Waals surface area contributed by atoms with Gasteiger partial charge in [-0.25, -0.2) is 0 Å². The van der Waals surface area contributed by atoms with E-state index in [9.17, 15) is 5.11 Å². The van der Waals surface area contributed by atoms with E-state index in [0.717, 1.165) is 37.1 Å². The number of ether oxygens (including phenoxy) is 1. The molecule has 0 spiro atoms. The molecule has 0 aliphatic carbocycles.